The third kappa shape index (κ3) is 8.81. The molecule has 0 bridgehead atoms. The molecule has 0 spiro atoms. The summed E-state index contributed by atoms with van der Waals surface area (Å²) in [4.78, 5) is 12.1. The first-order valence-electron chi connectivity index (χ1n) is 11.0. The minimum Gasteiger partial charge on any atom is -0.453 e. The van der Waals surface area contributed by atoms with Crippen LogP contribution in [0.3, 0.4) is 0 Å². The third-order valence-corrected chi connectivity index (χ3v) is 5.73. The summed E-state index contributed by atoms with van der Waals surface area (Å²) < 4.78 is 4.95. The maximum absolute atomic E-state index is 12.1. The first kappa shape index (κ1) is 23.5. The number of carbonyl (C=O) groups excluding carboxylic acids is 1. The Morgan fingerprint density at radius 1 is 0.926 bits per heavy atom. The summed E-state index contributed by atoms with van der Waals surface area (Å²) in [6.07, 6.45) is 13.3. The lowest BCUT2D eigenvalue weighted by molar-refractivity contribution is 0.132. The average Bonchev–Trinajstić information content (AvgIpc) is 2.69. The first-order valence-corrected chi connectivity index (χ1v) is 11.0. The van der Waals surface area contributed by atoms with Crippen molar-refractivity contribution >= 4 is 6.09 Å². The van der Waals surface area contributed by atoms with Gasteiger partial charge in [-0.1, -0.05) is 109 Å². The van der Waals surface area contributed by atoms with Crippen molar-refractivity contribution < 1.29 is 9.53 Å². The van der Waals surface area contributed by atoms with Gasteiger partial charge < -0.3 is 10.1 Å². The molecule has 27 heavy (non-hydrogen) atoms. The van der Waals surface area contributed by atoms with Gasteiger partial charge in [0.15, 0.2) is 0 Å². The van der Waals surface area contributed by atoms with Crippen LogP contribution in [-0.4, -0.2) is 13.2 Å². The van der Waals surface area contributed by atoms with Crippen LogP contribution in [-0.2, 0) is 4.74 Å². The van der Waals surface area contributed by atoms with Gasteiger partial charge in [-0.2, -0.15) is 0 Å². The molecule has 154 valence electrons. The van der Waals surface area contributed by atoms with Gasteiger partial charge >= 0.3 is 6.09 Å². The molecule has 0 radical (unpaired) electrons. The van der Waals surface area contributed by atoms with E-state index in [0.717, 1.165) is 12.8 Å². The van der Waals surface area contributed by atoms with Crippen LogP contribution in [0.4, 0.5) is 4.79 Å². The number of amides is 1. The van der Waals surface area contributed by atoms with Gasteiger partial charge in [0.2, 0.25) is 0 Å². The standard InChI is InChI=1S/C24H41NO2/c1-5-7-9-11-16-20-24(3,19-15-10-8-6-2)22(25-23(26)27-4)21-17-13-12-14-18-21/h12-14,17-18,22H,5-11,15-16,19-20H2,1-4H3,(H,25,26)/t22-,24?/m1/s1. The van der Waals surface area contributed by atoms with Gasteiger partial charge in [0.05, 0.1) is 13.2 Å². The molecule has 0 saturated heterocycles. The second kappa shape index (κ2) is 13.6. The highest BCUT2D eigenvalue weighted by Crippen LogP contribution is 2.43. The molecule has 3 nitrogen and oxygen atoms in total. The van der Waals surface area contributed by atoms with Gasteiger partial charge in [-0.3, -0.25) is 0 Å². The summed E-state index contributed by atoms with van der Waals surface area (Å²) in [5.41, 5.74) is 1.21. The van der Waals surface area contributed by atoms with Gasteiger partial charge in [-0.25, -0.2) is 4.79 Å². The lowest BCUT2D eigenvalue weighted by Gasteiger charge is -2.39. The molecule has 3 heteroatoms. The second-order valence-corrected chi connectivity index (χ2v) is 8.11. The highest BCUT2D eigenvalue weighted by atomic mass is 16.5. The summed E-state index contributed by atoms with van der Waals surface area (Å²) >= 11 is 0. The van der Waals surface area contributed by atoms with Crippen LogP contribution in [0.2, 0.25) is 0 Å². The zero-order chi connectivity index (χ0) is 20.0. The number of carbonyl (C=O) groups is 1. The predicted octanol–water partition coefficient (Wildman–Crippen LogP) is 7.42. The van der Waals surface area contributed by atoms with Crippen LogP contribution in [0, 0.1) is 5.41 Å². The van der Waals surface area contributed by atoms with Crippen molar-refractivity contribution in [2.75, 3.05) is 7.11 Å². The van der Waals surface area contributed by atoms with Crippen molar-refractivity contribution in [3.05, 3.63) is 35.9 Å². The lowest BCUT2D eigenvalue weighted by Crippen LogP contribution is -2.39. The van der Waals surface area contributed by atoms with E-state index in [1.54, 1.807) is 0 Å². The Morgan fingerprint density at radius 2 is 1.44 bits per heavy atom. The number of nitrogens with one attached hydrogen (secondary N) is 1. The van der Waals surface area contributed by atoms with Gasteiger partial charge in [-0.05, 0) is 23.8 Å². The minimum atomic E-state index is -0.338. The van der Waals surface area contributed by atoms with Crippen LogP contribution >= 0.6 is 0 Å². The fourth-order valence-corrected chi connectivity index (χ4v) is 3.98. The van der Waals surface area contributed by atoms with Crippen molar-refractivity contribution in [2.24, 2.45) is 5.41 Å². The molecule has 1 unspecified atom stereocenters. The Balaban J connectivity index is 2.94. The van der Waals surface area contributed by atoms with E-state index in [2.05, 4.69) is 50.4 Å². The third-order valence-electron chi connectivity index (χ3n) is 5.73. The number of alkyl carbamates (subject to hydrolysis) is 1. The second-order valence-electron chi connectivity index (χ2n) is 8.11. The van der Waals surface area contributed by atoms with Crippen LogP contribution in [0.5, 0.6) is 0 Å². The molecule has 1 aromatic carbocycles. The molecule has 0 fully saturated rings. The van der Waals surface area contributed by atoms with Crippen molar-refractivity contribution in [3.63, 3.8) is 0 Å². The molecule has 1 amide bonds. The van der Waals surface area contributed by atoms with E-state index in [0.29, 0.717) is 0 Å². The molecular weight excluding hydrogens is 334 g/mol. The summed E-state index contributed by atoms with van der Waals surface area (Å²) in [6, 6.07) is 10.4. The van der Waals surface area contributed by atoms with Crippen molar-refractivity contribution in [1.29, 1.82) is 0 Å². The summed E-state index contributed by atoms with van der Waals surface area (Å²) in [5.74, 6) is 0. The number of benzene rings is 1. The summed E-state index contributed by atoms with van der Waals surface area (Å²) in [6.45, 7) is 6.86. The van der Waals surface area contributed by atoms with Gasteiger partial charge in [-0.15, -0.1) is 0 Å². The SMILES string of the molecule is CCCCCCCC(C)(CCCCCC)[C@H](NC(=O)OC)c1ccccc1. The Hall–Kier alpha value is -1.51. The van der Waals surface area contributed by atoms with Gasteiger partial charge in [0.25, 0.3) is 0 Å². The predicted molar refractivity (Wildman–Crippen MR) is 115 cm³/mol. The van der Waals surface area contributed by atoms with Crippen molar-refractivity contribution in [3.8, 4) is 0 Å². The average molecular weight is 376 g/mol. The Kier molecular flexibility index (Phi) is 11.9. The fraction of sp³-hybridized carbons (Fsp3) is 0.708. The van der Waals surface area contributed by atoms with Gasteiger partial charge in [0, 0.05) is 0 Å². The number of rotatable bonds is 14. The molecule has 0 aliphatic heterocycles. The number of hydrogen-bond acceptors (Lipinski definition) is 2. The molecule has 0 heterocycles. The van der Waals surface area contributed by atoms with Crippen LogP contribution in [0.25, 0.3) is 0 Å². The van der Waals surface area contributed by atoms with Crippen LogP contribution < -0.4 is 5.32 Å². The normalized spacial score (nSPS) is 14.4. The topological polar surface area (TPSA) is 38.3 Å². The molecule has 0 aliphatic carbocycles. The van der Waals surface area contributed by atoms with Crippen molar-refractivity contribution in [2.45, 2.75) is 97.4 Å². The van der Waals surface area contributed by atoms with Crippen LogP contribution in [0.15, 0.2) is 30.3 Å². The Labute approximate surface area is 167 Å². The van der Waals surface area contributed by atoms with Crippen LogP contribution in [0.1, 0.15) is 103 Å². The van der Waals surface area contributed by atoms with Gasteiger partial charge in [0.1, 0.15) is 0 Å². The molecule has 2 atom stereocenters. The number of methoxy groups -OCH3 is 1. The highest BCUT2D eigenvalue weighted by molar-refractivity contribution is 5.67. The molecule has 1 aromatic rings. The van der Waals surface area contributed by atoms with E-state index in [9.17, 15) is 4.79 Å². The Bertz CT molecular complexity index is 502. The van der Waals surface area contributed by atoms with E-state index in [1.165, 1.54) is 70.5 Å². The zero-order valence-corrected chi connectivity index (χ0v) is 18.1. The van der Waals surface area contributed by atoms with E-state index in [1.807, 2.05) is 6.07 Å². The van der Waals surface area contributed by atoms with E-state index >= 15 is 0 Å². The smallest absolute Gasteiger partial charge is 0.407 e. The molecule has 0 aromatic heterocycles. The van der Waals surface area contributed by atoms with E-state index < -0.39 is 0 Å². The quantitative estimate of drug-likeness (QED) is 0.343. The molecule has 0 saturated carbocycles. The highest BCUT2D eigenvalue weighted by Gasteiger charge is 2.35. The fourth-order valence-electron chi connectivity index (χ4n) is 3.98. The summed E-state index contributed by atoms with van der Waals surface area (Å²) in [5, 5.41) is 3.16. The lowest BCUT2D eigenvalue weighted by atomic mass is 9.71. The van der Waals surface area contributed by atoms with Crippen molar-refractivity contribution in [1.82, 2.24) is 5.32 Å². The number of hydrogen-bond donors (Lipinski definition) is 1. The van der Waals surface area contributed by atoms with E-state index in [-0.39, 0.29) is 17.6 Å². The monoisotopic (exact) mass is 375 g/mol. The maximum Gasteiger partial charge on any atom is 0.407 e. The summed E-state index contributed by atoms with van der Waals surface area (Å²) in [7, 11) is 1.45. The molecular formula is C24H41NO2. The largest absolute Gasteiger partial charge is 0.453 e. The maximum atomic E-state index is 12.1. The minimum absolute atomic E-state index is 0.0149. The van der Waals surface area contributed by atoms with E-state index in [4.69, 9.17) is 4.74 Å². The Morgan fingerprint density at radius 3 is 1.96 bits per heavy atom. The zero-order valence-electron chi connectivity index (χ0n) is 18.1. The molecule has 1 rings (SSSR count). The number of unbranched alkanes of at least 4 members (excludes halogenated alkanes) is 7. The molecule has 0 aliphatic rings. The first-order chi connectivity index (χ1) is 13.1. The molecule has 1 N–H and O–H groups in total. The number of ether oxygens (including phenoxy) is 1.